The van der Waals surface area contributed by atoms with E-state index in [1.54, 1.807) is 0 Å². The van der Waals surface area contributed by atoms with Crippen LogP contribution in [0.15, 0.2) is 97.1 Å². The highest BCUT2D eigenvalue weighted by Gasteiger charge is 2.37. The van der Waals surface area contributed by atoms with Crippen molar-refractivity contribution in [3.8, 4) is 11.1 Å². The molecule has 258 valence electrons. The van der Waals surface area contributed by atoms with E-state index in [9.17, 15) is 15.0 Å². The van der Waals surface area contributed by atoms with Crippen LogP contribution < -0.4 is 5.32 Å². The fraction of sp³-hybridized carbons (Fsp3) is 0.342. The molecule has 4 aromatic rings. The Hall–Kier alpha value is -2.69. The van der Waals surface area contributed by atoms with Gasteiger partial charge >= 0.3 is 0 Å². The van der Waals surface area contributed by atoms with Crippen LogP contribution in [0.1, 0.15) is 59.5 Å². The number of ether oxygens (including phenoxy) is 2. The minimum absolute atomic E-state index is 0.0175. The first kappa shape index (κ1) is 36.1. The second kappa shape index (κ2) is 15.7. The Bertz CT molecular complexity index is 1710. The van der Waals surface area contributed by atoms with Gasteiger partial charge in [0.15, 0.2) is 6.29 Å². The summed E-state index contributed by atoms with van der Waals surface area (Å²) >= 11 is 23.1. The quantitative estimate of drug-likeness (QED) is 0.151. The summed E-state index contributed by atoms with van der Waals surface area (Å²) < 4.78 is 11.2. The van der Waals surface area contributed by atoms with E-state index in [2.05, 4.69) is 10.2 Å². The van der Waals surface area contributed by atoms with Gasteiger partial charge in [-0.25, -0.2) is 0 Å². The van der Waals surface area contributed by atoms with Gasteiger partial charge in [0.1, 0.15) is 0 Å². The van der Waals surface area contributed by atoms with Crippen LogP contribution in [-0.2, 0) is 33.0 Å². The summed E-state index contributed by atoms with van der Waals surface area (Å²) in [5.74, 6) is -0.680. The molecule has 0 radical (unpaired) electrons. The van der Waals surface area contributed by atoms with Gasteiger partial charge in [-0.2, -0.15) is 0 Å². The van der Waals surface area contributed by atoms with Gasteiger partial charge in [-0.15, -0.1) is 0 Å². The van der Waals surface area contributed by atoms with Gasteiger partial charge in [-0.1, -0.05) is 125 Å². The van der Waals surface area contributed by atoms with Crippen molar-refractivity contribution < 1.29 is 24.5 Å². The molecule has 2 heterocycles. The Labute approximate surface area is 306 Å². The van der Waals surface area contributed by atoms with Crippen molar-refractivity contribution in [2.24, 2.45) is 0 Å². The third kappa shape index (κ3) is 9.16. The molecule has 6 rings (SSSR count). The number of piperidine rings is 1. The first-order valence-electron chi connectivity index (χ1n) is 16.2. The molecule has 0 spiro atoms. The van der Waals surface area contributed by atoms with E-state index in [1.165, 1.54) is 0 Å². The fourth-order valence-electron chi connectivity index (χ4n) is 6.45. The van der Waals surface area contributed by atoms with E-state index in [4.69, 9.17) is 55.9 Å². The standard InChI is InChI=1S/C38H38Cl4N2O5/c39-32-14-12-31(13-15-32)37(47)16-18-44(19-17-37)23-33-21-34(28-6-4-25(24-45)5-7-28)49-35(48-33)29-10-8-27(9-11-29)30-3-1-2-26(20-30)22-43-36(46)38(40,41)42/h1-15,20,33-35,45,47H,16-19,21-24H2,(H,43,46)/t33-,34+,35+/m1/s1. The Morgan fingerprint density at radius 3 is 2.18 bits per heavy atom. The lowest BCUT2D eigenvalue weighted by atomic mass is 9.84. The molecule has 11 heteroatoms. The van der Waals surface area contributed by atoms with E-state index < -0.39 is 21.6 Å². The summed E-state index contributed by atoms with van der Waals surface area (Å²) in [4.78, 5) is 14.3. The third-order valence-electron chi connectivity index (χ3n) is 9.30. The predicted molar refractivity (Wildman–Crippen MR) is 193 cm³/mol. The number of aliphatic hydroxyl groups excluding tert-OH is 1. The largest absolute Gasteiger partial charge is 0.392 e. The average molecular weight is 745 g/mol. The number of alkyl halides is 3. The summed E-state index contributed by atoms with van der Waals surface area (Å²) in [6, 6.07) is 31.2. The van der Waals surface area contributed by atoms with Gasteiger partial charge < -0.3 is 29.9 Å². The van der Waals surface area contributed by atoms with Crippen LogP contribution in [0.5, 0.6) is 0 Å². The van der Waals surface area contributed by atoms with Gasteiger partial charge in [0.25, 0.3) is 9.70 Å². The molecular weight excluding hydrogens is 706 g/mol. The molecule has 2 aliphatic heterocycles. The molecule has 1 amide bonds. The lowest BCUT2D eigenvalue weighted by Crippen LogP contribution is -2.46. The van der Waals surface area contributed by atoms with Gasteiger partial charge in [0.05, 0.1) is 24.4 Å². The number of hydrogen-bond acceptors (Lipinski definition) is 6. The second-order valence-corrected chi connectivity index (χ2v) is 15.4. The van der Waals surface area contributed by atoms with Gasteiger partial charge in [0, 0.05) is 43.2 Å². The molecule has 0 saturated carbocycles. The highest BCUT2D eigenvalue weighted by Crippen LogP contribution is 2.40. The summed E-state index contributed by atoms with van der Waals surface area (Å²) in [6.45, 7) is 2.39. The molecule has 0 aromatic heterocycles. The summed E-state index contributed by atoms with van der Waals surface area (Å²) in [5, 5.41) is 24.3. The number of carbonyl (C=O) groups is 1. The van der Waals surface area contributed by atoms with Crippen LogP contribution in [0.25, 0.3) is 11.1 Å². The lowest BCUT2D eigenvalue weighted by Gasteiger charge is -2.42. The number of nitrogens with one attached hydrogen (secondary N) is 1. The average Bonchev–Trinajstić information content (AvgIpc) is 3.11. The maximum atomic E-state index is 12.0. The van der Waals surface area contributed by atoms with Gasteiger partial charge in [-0.3, -0.25) is 4.79 Å². The molecule has 0 aliphatic carbocycles. The number of carbonyl (C=O) groups excluding carboxylic acids is 1. The number of rotatable bonds is 9. The first-order chi connectivity index (χ1) is 23.5. The number of likely N-dealkylation sites (tertiary alicyclic amines) is 1. The number of amides is 1. The normalized spacial score (nSPS) is 21.3. The van der Waals surface area contributed by atoms with E-state index in [0.717, 1.165) is 52.0 Å². The second-order valence-electron chi connectivity index (χ2n) is 12.7. The summed E-state index contributed by atoms with van der Waals surface area (Å²) in [6.07, 6.45) is 1.01. The Balaban J connectivity index is 1.15. The number of aliphatic hydroxyl groups is 2. The Kier molecular flexibility index (Phi) is 11.6. The highest BCUT2D eigenvalue weighted by atomic mass is 35.6. The van der Waals surface area contributed by atoms with Crippen molar-refractivity contribution in [3.63, 3.8) is 0 Å². The van der Waals surface area contributed by atoms with Gasteiger partial charge in [0.2, 0.25) is 0 Å². The Morgan fingerprint density at radius 2 is 1.53 bits per heavy atom. The first-order valence-corrected chi connectivity index (χ1v) is 17.8. The van der Waals surface area contributed by atoms with Crippen molar-refractivity contribution in [1.82, 2.24) is 10.2 Å². The predicted octanol–water partition coefficient (Wildman–Crippen LogP) is 8.01. The minimum Gasteiger partial charge on any atom is -0.392 e. The van der Waals surface area contributed by atoms with Crippen molar-refractivity contribution in [2.75, 3.05) is 19.6 Å². The van der Waals surface area contributed by atoms with Gasteiger partial charge in [-0.05, 0) is 64.4 Å². The smallest absolute Gasteiger partial charge is 0.272 e. The maximum Gasteiger partial charge on any atom is 0.272 e. The zero-order valence-electron chi connectivity index (χ0n) is 26.7. The molecule has 7 nitrogen and oxygen atoms in total. The van der Waals surface area contributed by atoms with Crippen LogP contribution in [-0.4, -0.2) is 50.6 Å². The molecule has 2 saturated heterocycles. The zero-order chi connectivity index (χ0) is 34.6. The highest BCUT2D eigenvalue weighted by molar-refractivity contribution is 6.76. The SMILES string of the molecule is O=C(NCc1cccc(-c2ccc([C@H]3O[C@@H](CN4CCC(O)(c5ccc(Cl)cc5)CC4)C[C@@H](c4ccc(CO)cc4)O3)cc2)c1)C(Cl)(Cl)Cl. The van der Waals surface area contributed by atoms with Crippen LogP contribution in [0.4, 0.5) is 0 Å². The number of benzene rings is 4. The fourth-order valence-corrected chi connectivity index (χ4v) is 6.78. The molecule has 2 aliphatic rings. The van der Waals surface area contributed by atoms with Crippen molar-refractivity contribution in [1.29, 1.82) is 0 Å². The van der Waals surface area contributed by atoms with Crippen molar-refractivity contribution in [2.45, 2.75) is 60.3 Å². The minimum atomic E-state index is -2.02. The topological polar surface area (TPSA) is 91.3 Å². The number of nitrogens with zero attached hydrogens (tertiary/aromatic N) is 1. The summed E-state index contributed by atoms with van der Waals surface area (Å²) in [5.41, 5.74) is 5.62. The molecule has 4 aromatic carbocycles. The molecule has 3 atom stereocenters. The molecule has 0 unspecified atom stereocenters. The molecule has 0 bridgehead atoms. The van der Waals surface area contributed by atoms with Crippen LogP contribution in [0.2, 0.25) is 5.02 Å². The van der Waals surface area contributed by atoms with Crippen LogP contribution in [0, 0.1) is 0 Å². The maximum absolute atomic E-state index is 12.0. The van der Waals surface area contributed by atoms with Crippen molar-refractivity contribution >= 4 is 52.3 Å². The van der Waals surface area contributed by atoms with E-state index >= 15 is 0 Å². The molecular formula is C38H38Cl4N2O5. The third-order valence-corrected chi connectivity index (χ3v) is 10.1. The van der Waals surface area contributed by atoms with E-state index in [0.29, 0.717) is 30.8 Å². The van der Waals surface area contributed by atoms with E-state index in [-0.39, 0.29) is 25.4 Å². The lowest BCUT2D eigenvalue weighted by molar-refractivity contribution is -0.253. The molecule has 3 N–H and O–H groups in total. The Morgan fingerprint density at radius 1 is 0.857 bits per heavy atom. The zero-order valence-corrected chi connectivity index (χ0v) is 29.7. The number of hydrogen-bond donors (Lipinski definition) is 3. The number of halogens is 4. The van der Waals surface area contributed by atoms with Crippen LogP contribution >= 0.6 is 46.4 Å². The summed E-state index contributed by atoms with van der Waals surface area (Å²) in [7, 11) is 0. The molecule has 49 heavy (non-hydrogen) atoms. The van der Waals surface area contributed by atoms with E-state index in [1.807, 2.05) is 97.1 Å². The monoisotopic (exact) mass is 742 g/mol. The molecule has 2 fully saturated rings. The van der Waals surface area contributed by atoms with Crippen molar-refractivity contribution in [3.05, 3.63) is 130 Å². The van der Waals surface area contributed by atoms with Crippen LogP contribution in [0.3, 0.4) is 0 Å².